The van der Waals surface area contributed by atoms with Gasteiger partial charge in [0.1, 0.15) is 21.9 Å². The molecule has 0 aliphatic carbocycles. The highest BCUT2D eigenvalue weighted by molar-refractivity contribution is 7.20. The molecule has 28 heavy (non-hydrogen) atoms. The molecule has 2 aromatic heterocycles. The Morgan fingerprint density at radius 1 is 1.29 bits per heavy atom. The average Bonchev–Trinajstić information content (AvgIpc) is 2.97. The van der Waals surface area contributed by atoms with Crippen LogP contribution in [0.3, 0.4) is 0 Å². The van der Waals surface area contributed by atoms with Crippen molar-refractivity contribution >= 4 is 39.0 Å². The molecule has 3 aromatic rings. The normalized spacial score (nSPS) is 11.8. The number of carbonyl (C=O) groups excluding carboxylic acids is 1. The Morgan fingerprint density at radius 2 is 2.04 bits per heavy atom. The molecule has 148 valence electrons. The van der Waals surface area contributed by atoms with Crippen molar-refractivity contribution in [1.82, 2.24) is 9.97 Å². The van der Waals surface area contributed by atoms with Crippen molar-refractivity contribution in [2.45, 2.75) is 26.9 Å². The number of esters is 1. The molecule has 0 spiro atoms. The molecule has 0 aliphatic heterocycles. The lowest BCUT2D eigenvalue weighted by Gasteiger charge is -2.11. The minimum absolute atomic E-state index is 0.205. The Labute approximate surface area is 163 Å². The zero-order valence-electron chi connectivity index (χ0n) is 15.4. The van der Waals surface area contributed by atoms with E-state index in [1.807, 2.05) is 13.8 Å². The number of nitrogens with one attached hydrogen (secondary N) is 1. The van der Waals surface area contributed by atoms with Crippen LogP contribution in [0.2, 0.25) is 0 Å². The number of nitrogens with zero attached hydrogens (tertiary/aromatic N) is 2. The molecule has 0 atom stereocenters. The summed E-state index contributed by atoms with van der Waals surface area (Å²) in [5, 5.41) is 3.49. The molecule has 0 bridgehead atoms. The van der Waals surface area contributed by atoms with Crippen molar-refractivity contribution in [2.24, 2.45) is 5.92 Å². The van der Waals surface area contributed by atoms with Gasteiger partial charge in [-0.25, -0.2) is 14.8 Å². The Bertz CT molecular complexity index is 1020. The molecule has 0 unspecified atom stereocenters. The van der Waals surface area contributed by atoms with Crippen LogP contribution in [-0.2, 0) is 10.9 Å². The third-order valence-corrected chi connectivity index (χ3v) is 5.09. The van der Waals surface area contributed by atoms with E-state index in [2.05, 4.69) is 15.3 Å². The fraction of sp³-hybridized carbons (Fsp3) is 0.316. The van der Waals surface area contributed by atoms with E-state index in [-0.39, 0.29) is 11.6 Å². The smallest absolute Gasteiger partial charge is 0.416 e. The maximum Gasteiger partial charge on any atom is 0.416 e. The zero-order chi connectivity index (χ0) is 20.5. The molecule has 0 aliphatic rings. The van der Waals surface area contributed by atoms with Gasteiger partial charge in [-0.3, -0.25) is 0 Å². The van der Waals surface area contributed by atoms with E-state index in [0.717, 1.165) is 12.1 Å². The first-order valence-corrected chi connectivity index (χ1v) is 9.34. The lowest BCUT2D eigenvalue weighted by atomic mass is 10.1. The Balaban J connectivity index is 1.96. The molecule has 0 saturated carbocycles. The van der Waals surface area contributed by atoms with Crippen molar-refractivity contribution in [1.29, 1.82) is 0 Å². The first kappa shape index (κ1) is 20.1. The summed E-state index contributed by atoms with van der Waals surface area (Å²) in [7, 11) is 0. The van der Waals surface area contributed by atoms with Crippen LogP contribution >= 0.6 is 11.3 Å². The van der Waals surface area contributed by atoms with E-state index in [9.17, 15) is 18.0 Å². The molecule has 2 heterocycles. The van der Waals surface area contributed by atoms with Crippen molar-refractivity contribution in [3.8, 4) is 0 Å². The van der Waals surface area contributed by atoms with Crippen molar-refractivity contribution in [2.75, 3.05) is 11.9 Å². The number of aromatic nitrogens is 2. The number of rotatable bonds is 5. The van der Waals surface area contributed by atoms with Gasteiger partial charge in [-0.05, 0) is 36.6 Å². The zero-order valence-corrected chi connectivity index (χ0v) is 16.2. The Kier molecular flexibility index (Phi) is 5.55. The predicted octanol–water partition coefficient (Wildman–Crippen LogP) is 5.57. The molecule has 1 aromatic carbocycles. The van der Waals surface area contributed by atoms with Crippen LogP contribution in [0.1, 0.15) is 34.6 Å². The highest BCUT2D eigenvalue weighted by Crippen LogP contribution is 2.36. The summed E-state index contributed by atoms with van der Waals surface area (Å²) in [6.07, 6.45) is -3.14. The van der Waals surface area contributed by atoms with Crippen molar-refractivity contribution < 1.29 is 22.7 Å². The van der Waals surface area contributed by atoms with Crippen LogP contribution in [0.5, 0.6) is 0 Å². The van der Waals surface area contributed by atoms with Gasteiger partial charge in [0, 0.05) is 5.69 Å². The van der Waals surface area contributed by atoms with E-state index in [1.54, 1.807) is 6.92 Å². The largest absolute Gasteiger partial charge is 0.461 e. The lowest BCUT2D eigenvalue weighted by Crippen LogP contribution is -2.09. The quantitative estimate of drug-likeness (QED) is 0.558. The van der Waals surface area contributed by atoms with Gasteiger partial charge in [0.2, 0.25) is 0 Å². The average molecular weight is 409 g/mol. The summed E-state index contributed by atoms with van der Waals surface area (Å²) in [4.78, 5) is 21.7. The maximum atomic E-state index is 12.9. The van der Waals surface area contributed by atoms with Gasteiger partial charge in [-0.15, -0.1) is 11.3 Å². The van der Waals surface area contributed by atoms with Crippen LogP contribution in [0.4, 0.5) is 24.7 Å². The second kappa shape index (κ2) is 7.75. The Hall–Kier alpha value is -2.68. The number of hydrogen-bond donors (Lipinski definition) is 1. The highest BCUT2D eigenvalue weighted by Gasteiger charge is 2.30. The third-order valence-electron chi connectivity index (χ3n) is 3.91. The SMILES string of the molecule is Cc1c(C(=O)OCC(C)C)sc2ncnc(Nc3cccc(C(F)(F)F)c3)c12. The number of fused-ring (bicyclic) bond motifs is 1. The highest BCUT2D eigenvalue weighted by atomic mass is 32.1. The van der Waals surface area contributed by atoms with E-state index in [0.29, 0.717) is 33.1 Å². The lowest BCUT2D eigenvalue weighted by molar-refractivity contribution is -0.137. The fourth-order valence-corrected chi connectivity index (χ4v) is 3.62. The number of aryl methyl sites for hydroxylation is 1. The summed E-state index contributed by atoms with van der Waals surface area (Å²) in [5.41, 5.74) is 0.107. The summed E-state index contributed by atoms with van der Waals surface area (Å²) in [6, 6.07) is 4.84. The molecule has 9 heteroatoms. The van der Waals surface area contributed by atoms with E-state index >= 15 is 0 Å². The third kappa shape index (κ3) is 4.24. The van der Waals surface area contributed by atoms with Crippen molar-refractivity contribution in [3.63, 3.8) is 0 Å². The van der Waals surface area contributed by atoms with E-state index in [4.69, 9.17) is 4.74 Å². The minimum Gasteiger partial charge on any atom is -0.461 e. The first-order chi connectivity index (χ1) is 13.2. The predicted molar refractivity (Wildman–Crippen MR) is 102 cm³/mol. The number of anilines is 2. The second-order valence-corrected chi connectivity index (χ2v) is 7.65. The van der Waals surface area contributed by atoms with Gasteiger partial charge in [-0.2, -0.15) is 13.2 Å². The van der Waals surface area contributed by atoms with Crippen LogP contribution in [0.15, 0.2) is 30.6 Å². The Morgan fingerprint density at radius 3 is 2.71 bits per heavy atom. The summed E-state index contributed by atoms with van der Waals surface area (Å²) >= 11 is 1.17. The van der Waals surface area contributed by atoms with Gasteiger partial charge >= 0.3 is 12.1 Å². The number of alkyl halides is 3. The second-order valence-electron chi connectivity index (χ2n) is 6.65. The van der Waals surface area contributed by atoms with Gasteiger partial charge in [0.05, 0.1) is 17.6 Å². The van der Waals surface area contributed by atoms with Crippen LogP contribution in [0.25, 0.3) is 10.2 Å². The molecular formula is C19H18F3N3O2S. The van der Waals surface area contributed by atoms with Gasteiger partial charge in [-0.1, -0.05) is 19.9 Å². The van der Waals surface area contributed by atoms with Crippen molar-refractivity contribution in [3.05, 3.63) is 46.6 Å². The first-order valence-electron chi connectivity index (χ1n) is 8.52. The van der Waals surface area contributed by atoms with Crippen LogP contribution in [0, 0.1) is 12.8 Å². The summed E-state index contributed by atoms with van der Waals surface area (Å²) in [6.45, 7) is 5.92. The molecular weight excluding hydrogens is 391 g/mol. The van der Waals surface area contributed by atoms with Gasteiger partial charge in [0.15, 0.2) is 0 Å². The standard InChI is InChI=1S/C19H18F3N3O2S/c1-10(2)8-27-18(26)15-11(3)14-16(23-9-24-17(14)28-15)25-13-6-4-5-12(7-13)19(20,21)22/h4-7,9-10H,8H2,1-3H3,(H,23,24,25). The maximum absolute atomic E-state index is 12.9. The molecule has 0 radical (unpaired) electrons. The number of halogens is 3. The number of ether oxygens (including phenoxy) is 1. The monoisotopic (exact) mass is 409 g/mol. The van der Waals surface area contributed by atoms with Gasteiger partial charge < -0.3 is 10.1 Å². The number of thiophene rings is 1. The number of benzene rings is 1. The molecule has 1 N–H and O–H groups in total. The van der Waals surface area contributed by atoms with E-state index < -0.39 is 17.7 Å². The summed E-state index contributed by atoms with van der Waals surface area (Å²) in [5.74, 6) is 0.0942. The molecule has 0 amide bonds. The number of carbonyl (C=O) groups is 1. The van der Waals surface area contributed by atoms with Gasteiger partial charge in [0.25, 0.3) is 0 Å². The topological polar surface area (TPSA) is 64.1 Å². The molecule has 3 rings (SSSR count). The molecule has 0 saturated heterocycles. The number of hydrogen-bond acceptors (Lipinski definition) is 6. The minimum atomic E-state index is -4.44. The molecule has 0 fully saturated rings. The molecule has 5 nitrogen and oxygen atoms in total. The fourth-order valence-electron chi connectivity index (χ4n) is 2.58. The van der Waals surface area contributed by atoms with Crippen LogP contribution < -0.4 is 5.32 Å². The van der Waals surface area contributed by atoms with E-state index in [1.165, 1.54) is 29.8 Å². The van der Waals surface area contributed by atoms with Crippen LogP contribution in [-0.4, -0.2) is 22.5 Å². The summed E-state index contributed by atoms with van der Waals surface area (Å²) < 4.78 is 44.1.